The number of hydrogen-bond donors (Lipinski definition) is 1. The zero-order valence-electron chi connectivity index (χ0n) is 12.1. The van der Waals surface area contributed by atoms with Gasteiger partial charge in [-0.3, -0.25) is 4.79 Å². The molecule has 1 amide bonds. The summed E-state index contributed by atoms with van der Waals surface area (Å²) in [5, 5.41) is 10.2. The second-order valence-electron chi connectivity index (χ2n) is 5.08. The van der Waals surface area contributed by atoms with Gasteiger partial charge >= 0.3 is 0 Å². The summed E-state index contributed by atoms with van der Waals surface area (Å²) in [6.07, 6.45) is 0.175. The van der Waals surface area contributed by atoms with E-state index in [1.165, 1.54) is 11.3 Å². The molecule has 3 rings (SSSR count). The number of carbonyl (C=O) groups excluding carboxylic acids is 1. The summed E-state index contributed by atoms with van der Waals surface area (Å²) in [6, 6.07) is 3.96. The highest BCUT2D eigenvalue weighted by Crippen LogP contribution is 2.23. The van der Waals surface area contributed by atoms with Gasteiger partial charge in [0.15, 0.2) is 10.7 Å². The van der Waals surface area contributed by atoms with Gasteiger partial charge in [-0.1, -0.05) is 5.16 Å². The number of amides is 1. The van der Waals surface area contributed by atoms with Crippen molar-refractivity contribution in [2.24, 2.45) is 0 Å². The van der Waals surface area contributed by atoms with Gasteiger partial charge in [-0.15, -0.1) is 11.3 Å². The van der Waals surface area contributed by atoms with Gasteiger partial charge in [0.2, 0.25) is 5.91 Å². The second kappa shape index (κ2) is 5.29. The van der Waals surface area contributed by atoms with Crippen LogP contribution in [-0.4, -0.2) is 16.0 Å². The highest BCUT2D eigenvalue weighted by Gasteiger charge is 2.14. The predicted molar refractivity (Wildman–Crippen MR) is 82.7 cm³/mol. The van der Waals surface area contributed by atoms with Crippen molar-refractivity contribution in [1.29, 1.82) is 0 Å². The van der Waals surface area contributed by atoms with E-state index < -0.39 is 0 Å². The summed E-state index contributed by atoms with van der Waals surface area (Å²) in [5.41, 5.74) is 4.56. The lowest BCUT2D eigenvalue weighted by Crippen LogP contribution is -2.14. The highest BCUT2D eigenvalue weighted by atomic mass is 32.1. The molecule has 2 aromatic heterocycles. The fourth-order valence-electron chi connectivity index (χ4n) is 2.10. The Hall–Kier alpha value is -2.21. The number of aromatic nitrogens is 2. The summed E-state index contributed by atoms with van der Waals surface area (Å²) in [5.74, 6) is -0.141. The fraction of sp³-hybridized carbons (Fsp3) is 0.267. The SMILES string of the molecule is Cc1csc(NC(=O)Cc2noc3cc(C)c(C)cc23)n1. The number of aryl methyl sites for hydroxylation is 3. The van der Waals surface area contributed by atoms with Crippen molar-refractivity contribution in [3.05, 3.63) is 40.0 Å². The van der Waals surface area contributed by atoms with E-state index in [-0.39, 0.29) is 12.3 Å². The van der Waals surface area contributed by atoms with Crippen molar-refractivity contribution >= 4 is 33.3 Å². The summed E-state index contributed by atoms with van der Waals surface area (Å²) in [7, 11) is 0. The molecule has 0 atom stereocenters. The lowest BCUT2D eigenvalue weighted by atomic mass is 10.1. The van der Waals surface area contributed by atoms with E-state index in [2.05, 4.69) is 15.5 Å². The molecule has 0 aliphatic rings. The Labute approximate surface area is 126 Å². The molecule has 0 aliphatic carbocycles. The predicted octanol–water partition coefficient (Wildman–Crippen LogP) is 3.39. The molecule has 0 spiro atoms. The van der Waals surface area contributed by atoms with E-state index in [4.69, 9.17) is 4.52 Å². The van der Waals surface area contributed by atoms with Crippen LogP contribution in [0.3, 0.4) is 0 Å². The number of nitrogens with one attached hydrogen (secondary N) is 1. The number of nitrogens with zero attached hydrogens (tertiary/aromatic N) is 2. The number of benzene rings is 1. The minimum atomic E-state index is -0.141. The lowest BCUT2D eigenvalue weighted by molar-refractivity contribution is -0.115. The van der Waals surface area contributed by atoms with Gasteiger partial charge in [-0.2, -0.15) is 0 Å². The van der Waals surface area contributed by atoms with Gasteiger partial charge in [-0.05, 0) is 44.0 Å². The Morgan fingerprint density at radius 2 is 2.05 bits per heavy atom. The van der Waals surface area contributed by atoms with Crippen molar-refractivity contribution in [3.8, 4) is 0 Å². The zero-order valence-corrected chi connectivity index (χ0v) is 12.9. The molecule has 21 heavy (non-hydrogen) atoms. The number of rotatable bonds is 3. The molecule has 1 N–H and O–H groups in total. The van der Waals surface area contributed by atoms with Crippen molar-refractivity contribution < 1.29 is 9.32 Å². The average molecular weight is 301 g/mol. The van der Waals surface area contributed by atoms with E-state index in [0.29, 0.717) is 16.4 Å². The number of anilines is 1. The minimum absolute atomic E-state index is 0.141. The number of fused-ring (bicyclic) bond motifs is 1. The van der Waals surface area contributed by atoms with E-state index >= 15 is 0 Å². The van der Waals surface area contributed by atoms with Crippen LogP contribution >= 0.6 is 11.3 Å². The van der Waals surface area contributed by atoms with Crippen LogP contribution in [0, 0.1) is 20.8 Å². The molecule has 0 saturated heterocycles. The quantitative estimate of drug-likeness (QED) is 0.805. The monoisotopic (exact) mass is 301 g/mol. The molecule has 0 bridgehead atoms. The minimum Gasteiger partial charge on any atom is -0.356 e. The maximum Gasteiger partial charge on any atom is 0.232 e. The third-order valence-corrected chi connectivity index (χ3v) is 4.23. The normalized spacial score (nSPS) is 11.0. The molecule has 108 valence electrons. The van der Waals surface area contributed by atoms with Crippen molar-refractivity contribution in [2.45, 2.75) is 27.2 Å². The van der Waals surface area contributed by atoms with Gasteiger partial charge in [0.25, 0.3) is 0 Å². The van der Waals surface area contributed by atoms with E-state index in [9.17, 15) is 4.79 Å². The maximum absolute atomic E-state index is 12.1. The molecule has 0 radical (unpaired) electrons. The van der Waals surface area contributed by atoms with E-state index in [1.807, 2.05) is 38.3 Å². The third-order valence-electron chi connectivity index (χ3n) is 3.35. The van der Waals surface area contributed by atoms with Gasteiger partial charge in [0.1, 0.15) is 5.69 Å². The summed E-state index contributed by atoms with van der Waals surface area (Å²) >= 11 is 1.41. The largest absolute Gasteiger partial charge is 0.356 e. The lowest BCUT2D eigenvalue weighted by Gasteiger charge is -2.01. The Kier molecular flexibility index (Phi) is 3.47. The number of hydrogen-bond acceptors (Lipinski definition) is 5. The highest BCUT2D eigenvalue weighted by molar-refractivity contribution is 7.13. The van der Waals surface area contributed by atoms with Crippen molar-refractivity contribution in [2.75, 3.05) is 5.32 Å². The van der Waals surface area contributed by atoms with E-state index in [1.54, 1.807) is 0 Å². The Bertz CT molecular complexity index is 820. The van der Waals surface area contributed by atoms with Crippen LogP contribution in [0.2, 0.25) is 0 Å². The van der Waals surface area contributed by atoms with Crippen molar-refractivity contribution in [3.63, 3.8) is 0 Å². The maximum atomic E-state index is 12.1. The van der Waals surface area contributed by atoms with Gasteiger partial charge in [0.05, 0.1) is 12.1 Å². The van der Waals surface area contributed by atoms with Crippen molar-refractivity contribution in [1.82, 2.24) is 10.1 Å². The molecule has 5 nitrogen and oxygen atoms in total. The zero-order chi connectivity index (χ0) is 15.0. The van der Waals surface area contributed by atoms with E-state index in [0.717, 1.165) is 22.2 Å². The second-order valence-corrected chi connectivity index (χ2v) is 5.94. The third kappa shape index (κ3) is 2.80. The molecule has 6 heteroatoms. The summed E-state index contributed by atoms with van der Waals surface area (Å²) < 4.78 is 5.30. The first-order chi connectivity index (χ1) is 10.0. The molecule has 2 heterocycles. The van der Waals surface area contributed by atoms with Gasteiger partial charge < -0.3 is 9.84 Å². The van der Waals surface area contributed by atoms with Crippen LogP contribution in [-0.2, 0) is 11.2 Å². The molecular formula is C15H15N3O2S. The number of thiazole rings is 1. The number of carbonyl (C=O) groups is 1. The molecule has 3 aromatic rings. The Morgan fingerprint density at radius 3 is 2.76 bits per heavy atom. The molecule has 0 unspecified atom stereocenters. The Balaban J connectivity index is 1.81. The first kappa shape index (κ1) is 13.8. The average Bonchev–Trinajstić information content (AvgIpc) is 2.98. The first-order valence-corrected chi connectivity index (χ1v) is 7.48. The molecule has 0 saturated carbocycles. The first-order valence-electron chi connectivity index (χ1n) is 6.60. The van der Waals surface area contributed by atoms with Crippen LogP contribution in [0.15, 0.2) is 22.0 Å². The summed E-state index contributed by atoms with van der Waals surface area (Å²) in [4.78, 5) is 16.3. The van der Waals surface area contributed by atoms with Crippen LogP contribution in [0.1, 0.15) is 22.5 Å². The van der Waals surface area contributed by atoms with Crippen LogP contribution < -0.4 is 5.32 Å². The standard InChI is InChI=1S/C15H15N3O2S/c1-8-4-11-12(18-20-13(11)5-9(8)2)6-14(19)17-15-16-10(3)7-21-15/h4-5,7H,6H2,1-3H3,(H,16,17,19). The van der Waals surface area contributed by atoms with Crippen LogP contribution in [0.25, 0.3) is 11.0 Å². The molecular weight excluding hydrogens is 286 g/mol. The molecule has 0 aliphatic heterocycles. The molecule has 1 aromatic carbocycles. The van der Waals surface area contributed by atoms with Crippen LogP contribution in [0.5, 0.6) is 0 Å². The Morgan fingerprint density at radius 1 is 1.29 bits per heavy atom. The van der Waals surface area contributed by atoms with Crippen LogP contribution in [0.4, 0.5) is 5.13 Å². The topological polar surface area (TPSA) is 68.0 Å². The fourth-order valence-corrected chi connectivity index (χ4v) is 2.80. The summed E-state index contributed by atoms with van der Waals surface area (Å²) in [6.45, 7) is 5.95. The molecule has 0 fully saturated rings. The smallest absolute Gasteiger partial charge is 0.232 e. The van der Waals surface area contributed by atoms with Gasteiger partial charge in [0, 0.05) is 10.8 Å². The van der Waals surface area contributed by atoms with Gasteiger partial charge in [-0.25, -0.2) is 4.98 Å².